The Morgan fingerprint density at radius 2 is 1.85 bits per heavy atom. The highest BCUT2D eigenvalue weighted by Gasteiger charge is 2.39. The van der Waals surface area contributed by atoms with E-state index in [9.17, 15) is 19.1 Å². The van der Waals surface area contributed by atoms with Crippen molar-refractivity contribution in [3.8, 4) is 0 Å². The number of carbonyl (C=O) groups is 2. The molecule has 6 nitrogen and oxygen atoms in total. The van der Waals surface area contributed by atoms with Gasteiger partial charge in [-0.1, -0.05) is 43.5 Å². The summed E-state index contributed by atoms with van der Waals surface area (Å²) in [6.45, 7) is 1.09. The third kappa shape index (κ3) is 4.27. The Balaban J connectivity index is 1.32. The van der Waals surface area contributed by atoms with Gasteiger partial charge in [0.1, 0.15) is 12.0 Å². The predicted molar refractivity (Wildman–Crippen MR) is 121 cm³/mol. The van der Waals surface area contributed by atoms with Crippen molar-refractivity contribution >= 4 is 11.8 Å². The molecule has 2 amide bonds. The van der Waals surface area contributed by atoms with E-state index in [0.29, 0.717) is 31.5 Å². The third-order valence-electron chi connectivity index (χ3n) is 7.48. The van der Waals surface area contributed by atoms with E-state index >= 15 is 0 Å². The number of amides is 2. The topological polar surface area (TPSA) is 81.7 Å². The molecule has 5 rings (SSSR count). The molecule has 1 saturated carbocycles. The lowest BCUT2D eigenvalue weighted by Crippen LogP contribution is -2.55. The average Bonchev–Trinajstić information content (AvgIpc) is 3.14. The number of carbonyl (C=O) groups excluding carboxylic acids is 2. The van der Waals surface area contributed by atoms with Crippen LogP contribution in [-0.2, 0) is 23.4 Å². The Morgan fingerprint density at radius 3 is 2.58 bits per heavy atom. The van der Waals surface area contributed by atoms with E-state index in [-0.39, 0.29) is 23.2 Å². The molecule has 1 saturated heterocycles. The van der Waals surface area contributed by atoms with Gasteiger partial charge < -0.3 is 20.6 Å². The van der Waals surface area contributed by atoms with Crippen LogP contribution in [0.4, 0.5) is 4.39 Å². The first-order chi connectivity index (χ1) is 15.9. The van der Waals surface area contributed by atoms with E-state index in [1.165, 1.54) is 18.6 Å². The maximum Gasteiger partial charge on any atom is 0.254 e. The minimum atomic E-state index is -1.03. The molecule has 1 aliphatic carbocycles. The molecule has 2 fully saturated rings. The molecule has 0 radical (unpaired) electrons. The van der Waals surface area contributed by atoms with Gasteiger partial charge in [0.25, 0.3) is 5.91 Å². The van der Waals surface area contributed by atoms with E-state index < -0.39 is 12.3 Å². The second kappa shape index (κ2) is 8.88. The summed E-state index contributed by atoms with van der Waals surface area (Å²) >= 11 is 0. The molecule has 0 bridgehead atoms. The van der Waals surface area contributed by atoms with Crippen LogP contribution in [0.5, 0.6) is 0 Å². The Bertz CT molecular complexity index is 1050. The lowest BCUT2D eigenvalue weighted by atomic mass is 9.76. The van der Waals surface area contributed by atoms with Crippen molar-refractivity contribution in [3.05, 3.63) is 70.5 Å². The summed E-state index contributed by atoms with van der Waals surface area (Å²) < 4.78 is 13.5. The largest absolute Gasteiger partial charge is 0.372 e. The van der Waals surface area contributed by atoms with Gasteiger partial charge in [-0.2, -0.15) is 0 Å². The Hall–Kier alpha value is -2.77. The molecule has 174 valence electrons. The number of fused-ring (bicyclic) bond motifs is 1. The molecular formula is C26H30FN3O3. The number of benzene rings is 2. The third-order valence-corrected chi connectivity index (χ3v) is 7.48. The highest BCUT2D eigenvalue weighted by molar-refractivity contribution is 5.98. The number of hydrogen-bond acceptors (Lipinski definition) is 4. The molecule has 2 atom stereocenters. The van der Waals surface area contributed by atoms with Crippen molar-refractivity contribution in [2.45, 2.75) is 75.8 Å². The fourth-order valence-corrected chi connectivity index (χ4v) is 5.63. The van der Waals surface area contributed by atoms with Gasteiger partial charge in [0.15, 0.2) is 0 Å². The number of nitrogens with zero attached hydrogens (tertiary/aromatic N) is 1. The molecule has 2 aromatic carbocycles. The van der Waals surface area contributed by atoms with E-state index in [1.807, 2.05) is 24.3 Å². The number of rotatable bonds is 5. The summed E-state index contributed by atoms with van der Waals surface area (Å²) in [7, 11) is 0. The number of aliphatic hydroxyl groups excluding tert-OH is 1. The maximum absolute atomic E-state index is 13.5. The molecule has 2 heterocycles. The summed E-state index contributed by atoms with van der Waals surface area (Å²) in [6.07, 6.45) is 5.25. The van der Waals surface area contributed by atoms with E-state index in [2.05, 4.69) is 16.7 Å². The van der Waals surface area contributed by atoms with Crippen molar-refractivity contribution in [1.29, 1.82) is 0 Å². The average molecular weight is 452 g/mol. The number of piperidine rings is 1. The van der Waals surface area contributed by atoms with Crippen LogP contribution < -0.4 is 10.6 Å². The van der Waals surface area contributed by atoms with Crippen LogP contribution in [0.25, 0.3) is 0 Å². The van der Waals surface area contributed by atoms with E-state index in [4.69, 9.17) is 0 Å². The smallest absolute Gasteiger partial charge is 0.254 e. The van der Waals surface area contributed by atoms with Gasteiger partial charge in [0.05, 0.1) is 6.04 Å². The first kappa shape index (κ1) is 22.0. The monoisotopic (exact) mass is 451 g/mol. The van der Waals surface area contributed by atoms with Crippen LogP contribution in [-0.4, -0.2) is 34.1 Å². The second-order valence-electron chi connectivity index (χ2n) is 9.55. The van der Waals surface area contributed by atoms with E-state index in [1.54, 1.807) is 4.90 Å². The summed E-state index contributed by atoms with van der Waals surface area (Å²) in [6, 6.07) is 12.3. The zero-order valence-corrected chi connectivity index (χ0v) is 18.6. The zero-order valence-electron chi connectivity index (χ0n) is 18.6. The van der Waals surface area contributed by atoms with Crippen molar-refractivity contribution < 1.29 is 19.1 Å². The maximum atomic E-state index is 13.5. The van der Waals surface area contributed by atoms with Gasteiger partial charge in [0.2, 0.25) is 5.91 Å². The van der Waals surface area contributed by atoms with Gasteiger partial charge in [0, 0.05) is 30.6 Å². The second-order valence-corrected chi connectivity index (χ2v) is 9.55. The quantitative estimate of drug-likeness (QED) is 0.651. The SMILES string of the molecule is O=C1CCC(N2Cc3cc(CNC4(c5ccc(F)cc5)CCCCC4)ccc3C2=O)C(O)N1. The first-order valence-electron chi connectivity index (χ1n) is 11.9. The molecule has 2 unspecified atom stereocenters. The molecule has 33 heavy (non-hydrogen) atoms. The highest BCUT2D eigenvalue weighted by atomic mass is 19.1. The van der Waals surface area contributed by atoms with Crippen LogP contribution >= 0.6 is 0 Å². The number of aliphatic hydroxyl groups is 1. The van der Waals surface area contributed by atoms with Crippen LogP contribution in [0, 0.1) is 5.82 Å². The number of hydrogen-bond donors (Lipinski definition) is 3. The van der Waals surface area contributed by atoms with Gasteiger partial charge >= 0.3 is 0 Å². The molecule has 0 spiro atoms. The predicted octanol–water partition coefficient (Wildman–Crippen LogP) is 3.33. The van der Waals surface area contributed by atoms with Crippen LogP contribution in [0.2, 0.25) is 0 Å². The van der Waals surface area contributed by atoms with E-state index in [0.717, 1.165) is 42.4 Å². The number of nitrogens with one attached hydrogen (secondary N) is 2. The molecule has 3 N–H and O–H groups in total. The molecule has 7 heteroatoms. The summed E-state index contributed by atoms with van der Waals surface area (Å²) in [5, 5.41) is 16.6. The fourth-order valence-electron chi connectivity index (χ4n) is 5.63. The molecule has 3 aliphatic rings. The molecule has 2 aromatic rings. The Kier molecular flexibility index (Phi) is 5.93. The minimum absolute atomic E-state index is 0.0974. The lowest BCUT2D eigenvalue weighted by Gasteiger charge is -2.39. The first-order valence-corrected chi connectivity index (χ1v) is 11.9. The minimum Gasteiger partial charge on any atom is -0.372 e. The van der Waals surface area contributed by atoms with Gasteiger partial charge in [-0.25, -0.2) is 4.39 Å². The van der Waals surface area contributed by atoms with Crippen molar-refractivity contribution in [2.24, 2.45) is 0 Å². The van der Waals surface area contributed by atoms with Crippen LogP contribution in [0.1, 0.15) is 72.0 Å². The standard InChI is InChI=1S/C26H30FN3O3/c27-20-7-5-19(6-8-20)26(12-2-1-3-13-26)28-15-17-4-9-21-18(14-17)16-30(25(21)33)22-10-11-23(31)29-24(22)32/h4-9,14,22,24,28,32H,1-3,10-13,15-16H2,(H,29,31). The Labute approximate surface area is 193 Å². The van der Waals surface area contributed by atoms with Crippen molar-refractivity contribution in [3.63, 3.8) is 0 Å². The van der Waals surface area contributed by atoms with Crippen LogP contribution in [0.3, 0.4) is 0 Å². The molecule has 2 aliphatic heterocycles. The fraction of sp³-hybridized carbons (Fsp3) is 0.462. The highest BCUT2D eigenvalue weighted by Crippen LogP contribution is 2.38. The number of halogens is 1. The van der Waals surface area contributed by atoms with Gasteiger partial charge in [-0.15, -0.1) is 0 Å². The summed E-state index contributed by atoms with van der Waals surface area (Å²) in [4.78, 5) is 26.2. The van der Waals surface area contributed by atoms with Crippen molar-refractivity contribution in [1.82, 2.24) is 15.5 Å². The van der Waals surface area contributed by atoms with Gasteiger partial charge in [-0.3, -0.25) is 9.59 Å². The Morgan fingerprint density at radius 1 is 1.09 bits per heavy atom. The zero-order chi connectivity index (χ0) is 23.0. The summed E-state index contributed by atoms with van der Waals surface area (Å²) in [5.41, 5.74) is 3.65. The summed E-state index contributed by atoms with van der Waals surface area (Å²) in [5.74, 6) is -0.506. The molecule has 0 aromatic heterocycles. The molecular weight excluding hydrogens is 421 g/mol. The lowest BCUT2D eigenvalue weighted by molar-refractivity contribution is -0.129. The van der Waals surface area contributed by atoms with Crippen LogP contribution in [0.15, 0.2) is 42.5 Å². The van der Waals surface area contributed by atoms with Crippen molar-refractivity contribution in [2.75, 3.05) is 0 Å². The normalized spacial score (nSPS) is 24.5. The van der Waals surface area contributed by atoms with Gasteiger partial charge in [-0.05, 0) is 54.2 Å².